The molecule has 3 aliphatic rings. The third kappa shape index (κ3) is 5.09. The van der Waals surface area contributed by atoms with Gasteiger partial charge in [-0.1, -0.05) is 12.2 Å². The number of imidazole rings is 3. The van der Waals surface area contributed by atoms with Crippen LogP contribution in [0.5, 0.6) is 0 Å². The third-order valence-electron chi connectivity index (χ3n) is 8.61. The number of hydrogen-bond donors (Lipinski definition) is 5. The molecule has 244 valence electrons. The number of fused-ring (bicyclic) bond motifs is 5. The summed E-state index contributed by atoms with van der Waals surface area (Å²) in [7, 11) is 0. The predicted molar refractivity (Wildman–Crippen MR) is 163 cm³/mol. The summed E-state index contributed by atoms with van der Waals surface area (Å²) in [5.41, 5.74) is 6.87. The number of rotatable bonds is 2. The van der Waals surface area contributed by atoms with E-state index >= 15 is 4.39 Å². The number of nitrogens with one attached hydrogen (secondary N) is 2. The molecule has 0 aromatic carbocycles. The van der Waals surface area contributed by atoms with Gasteiger partial charge < -0.3 is 28.9 Å². The van der Waals surface area contributed by atoms with Crippen LogP contribution in [0.15, 0.2) is 36.2 Å². The van der Waals surface area contributed by atoms with Gasteiger partial charge in [-0.2, -0.15) is 0 Å². The molecule has 23 heteroatoms. The molecule has 3 fully saturated rings. The van der Waals surface area contributed by atoms with Gasteiger partial charge in [-0.05, 0) is 24.1 Å². The van der Waals surface area contributed by atoms with Crippen molar-refractivity contribution in [2.45, 2.75) is 37.1 Å². The number of aromatic nitrogens is 9. The highest BCUT2D eigenvalue weighted by Gasteiger charge is 2.52. The topological polar surface area (TPSA) is 223 Å². The Kier molecular flexibility index (Phi) is 7.37. The van der Waals surface area contributed by atoms with Crippen molar-refractivity contribution in [3.8, 4) is 0 Å². The predicted octanol–water partition coefficient (Wildman–Crippen LogP) is 1.33. The van der Waals surface area contributed by atoms with Crippen LogP contribution in [-0.4, -0.2) is 82.0 Å². The first-order valence-electron chi connectivity index (χ1n) is 14.0. The summed E-state index contributed by atoms with van der Waals surface area (Å²) in [6.07, 6.45) is 1.69. The highest BCUT2D eigenvalue weighted by molar-refractivity contribution is 8.44. The van der Waals surface area contributed by atoms with E-state index in [-0.39, 0.29) is 53.6 Å². The van der Waals surface area contributed by atoms with Gasteiger partial charge in [0, 0.05) is 18.3 Å². The van der Waals surface area contributed by atoms with Crippen LogP contribution in [0.1, 0.15) is 18.7 Å². The molecule has 1 saturated carbocycles. The fourth-order valence-electron chi connectivity index (χ4n) is 6.26. The maximum absolute atomic E-state index is 16.1. The fraction of sp³-hybridized carbons (Fsp3) is 0.478. The first-order valence-corrected chi connectivity index (χ1v) is 19.3. The smallest absolute Gasteiger partial charge is 0.382 e. The van der Waals surface area contributed by atoms with E-state index in [4.69, 9.17) is 40.4 Å². The number of thiol groups is 1. The number of ether oxygens (including phenoxy) is 1. The van der Waals surface area contributed by atoms with Crippen molar-refractivity contribution in [1.82, 2.24) is 38.9 Å². The number of halogens is 1. The average Bonchev–Trinajstić information content (AvgIpc) is 3.79. The van der Waals surface area contributed by atoms with Crippen LogP contribution in [0, 0.1) is 11.8 Å². The molecule has 2 saturated heterocycles. The van der Waals surface area contributed by atoms with Crippen LogP contribution in [0.4, 0.5) is 10.2 Å². The van der Waals surface area contributed by atoms with E-state index in [0.717, 1.165) is 0 Å². The molecule has 0 bridgehead atoms. The van der Waals surface area contributed by atoms with Crippen molar-refractivity contribution < 1.29 is 41.2 Å². The Morgan fingerprint density at radius 3 is 2.87 bits per heavy atom. The van der Waals surface area contributed by atoms with Gasteiger partial charge in [0.05, 0.1) is 32.2 Å². The van der Waals surface area contributed by atoms with Gasteiger partial charge in [-0.15, -0.1) is 0 Å². The Bertz CT molecular complexity index is 2140. The fourth-order valence-corrected chi connectivity index (χ4v) is 8.93. The van der Waals surface area contributed by atoms with Crippen molar-refractivity contribution in [3.05, 3.63) is 41.7 Å². The molecule has 5 aromatic rings. The van der Waals surface area contributed by atoms with Gasteiger partial charge in [0.1, 0.15) is 24.1 Å². The van der Waals surface area contributed by atoms with Crippen LogP contribution >= 0.6 is 25.8 Å². The summed E-state index contributed by atoms with van der Waals surface area (Å²) in [5.74, 6) is -0.151. The SMILES string of the molecule is Nc1ncnc2c1ncn2[C@@H]1O[C@@H]2COP(O)(=S)OC[C@H]3C([n+]4c[nH]c5c(=O)n6ccnc6[nH]c54)C[C@@H]3COP(=O)(S)O[C@H]2[C@H]1F. The Morgan fingerprint density at radius 2 is 2.02 bits per heavy atom. The summed E-state index contributed by atoms with van der Waals surface area (Å²) in [5, 5.41) is 0. The van der Waals surface area contributed by atoms with Gasteiger partial charge >= 0.3 is 19.1 Å². The largest absolute Gasteiger partial charge is 0.386 e. The molecule has 8 rings (SSSR count). The molecule has 46 heavy (non-hydrogen) atoms. The second-order valence-corrected chi connectivity index (χ2v) is 16.9. The van der Waals surface area contributed by atoms with Crippen LogP contribution in [0.25, 0.3) is 28.1 Å². The minimum absolute atomic E-state index is 0.0643. The third-order valence-corrected chi connectivity index (χ3v) is 11.8. The van der Waals surface area contributed by atoms with E-state index in [9.17, 15) is 14.3 Å². The van der Waals surface area contributed by atoms with E-state index < -0.39 is 44.7 Å². The summed E-state index contributed by atoms with van der Waals surface area (Å²) >= 11 is 9.43. The number of nitrogens with two attached hydrogens (primary N) is 1. The molecule has 0 amide bonds. The Balaban J connectivity index is 1.06. The molecule has 0 radical (unpaired) electrons. The lowest BCUT2D eigenvalue weighted by molar-refractivity contribution is -0.723. The minimum atomic E-state index is -4.17. The lowest BCUT2D eigenvalue weighted by Gasteiger charge is -2.43. The Morgan fingerprint density at radius 1 is 1.20 bits per heavy atom. The molecule has 5 N–H and O–H groups in total. The zero-order valence-electron chi connectivity index (χ0n) is 23.4. The first-order chi connectivity index (χ1) is 22.0. The van der Waals surface area contributed by atoms with E-state index in [1.54, 1.807) is 12.5 Å². The Labute approximate surface area is 267 Å². The van der Waals surface area contributed by atoms with Gasteiger partial charge in [0.25, 0.3) is 11.4 Å². The molecular weight excluding hydrogens is 689 g/mol. The van der Waals surface area contributed by atoms with Gasteiger partial charge in [-0.3, -0.25) is 18.9 Å². The lowest BCUT2D eigenvalue weighted by Crippen LogP contribution is -2.55. The number of hydrogen-bond acceptors (Lipinski definition) is 13. The number of nitrogen functional groups attached to an aromatic ring is 1. The van der Waals surface area contributed by atoms with Crippen molar-refractivity contribution in [2.24, 2.45) is 11.8 Å². The molecule has 2 aliphatic heterocycles. The van der Waals surface area contributed by atoms with Crippen molar-refractivity contribution >= 4 is 71.5 Å². The van der Waals surface area contributed by atoms with E-state index in [1.165, 1.54) is 27.8 Å². The van der Waals surface area contributed by atoms with Gasteiger partial charge in [0.15, 0.2) is 30.2 Å². The normalized spacial score (nSPS) is 35.7. The number of alkyl halides is 1. The molecule has 5 aromatic heterocycles. The number of aromatic amines is 2. The second-order valence-electron chi connectivity index (χ2n) is 11.2. The van der Waals surface area contributed by atoms with Crippen LogP contribution in [0.2, 0.25) is 0 Å². The van der Waals surface area contributed by atoms with Gasteiger partial charge in [0.2, 0.25) is 5.52 Å². The number of H-pyrrole nitrogens is 2. The maximum atomic E-state index is 16.1. The van der Waals surface area contributed by atoms with Crippen molar-refractivity contribution in [3.63, 3.8) is 0 Å². The Hall–Kier alpha value is -2.84. The van der Waals surface area contributed by atoms with E-state index in [0.29, 0.717) is 23.4 Å². The molecule has 1 aliphatic carbocycles. The minimum Gasteiger partial charge on any atom is -0.382 e. The maximum Gasteiger partial charge on any atom is 0.386 e. The molecule has 18 nitrogen and oxygen atoms in total. The van der Waals surface area contributed by atoms with Crippen LogP contribution in [0.3, 0.4) is 0 Å². The lowest BCUT2D eigenvalue weighted by atomic mass is 9.70. The zero-order valence-corrected chi connectivity index (χ0v) is 26.9. The molecule has 3 unspecified atom stereocenters. The highest BCUT2D eigenvalue weighted by Crippen LogP contribution is 2.59. The first kappa shape index (κ1) is 30.5. The summed E-state index contributed by atoms with van der Waals surface area (Å²) in [6.45, 7) is -8.69. The van der Waals surface area contributed by atoms with Crippen LogP contribution < -0.4 is 15.9 Å². The molecular formula is C23H26FN10O8P2S2+. The molecule has 9 atom stereocenters. The van der Waals surface area contributed by atoms with Gasteiger partial charge in [-0.25, -0.2) is 42.8 Å². The molecule has 7 heterocycles. The summed E-state index contributed by atoms with van der Waals surface area (Å²) in [4.78, 5) is 46.4. The van der Waals surface area contributed by atoms with E-state index in [1.807, 2.05) is 4.57 Å². The highest BCUT2D eigenvalue weighted by atomic mass is 32.7. The zero-order chi connectivity index (χ0) is 32.0. The standard InChI is InChI=1S/C23H25FN10O8P2S2/c24-14-17-13(41-22(14)34-9-29-15-18(25)27-7-28-19(15)34)6-40-43(36,45)39-5-11-10(4-38-44(37,46)42-17)3-12(11)33-8-30-16-20(33)31-23-26-1-2-32(23)21(16)35/h1-2,7-14,17,22H,3-6H2,(H5,25,26,27,28,31,35,36,37,45,46)/p+1/t10-,11-,12?,13-,14-,17-,22-,43?,44?/m1/s1. The quantitative estimate of drug-likeness (QED) is 0.0989. The van der Waals surface area contributed by atoms with Crippen molar-refractivity contribution in [1.29, 1.82) is 0 Å². The van der Waals surface area contributed by atoms with Crippen molar-refractivity contribution in [2.75, 3.05) is 25.6 Å². The monoisotopic (exact) mass is 715 g/mol. The molecule has 0 spiro atoms. The van der Waals surface area contributed by atoms with Crippen LogP contribution in [-0.2, 0) is 39.2 Å². The summed E-state index contributed by atoms with van der Waals surface area (Å²) in [6, 6.07) is -0.252. The number of anilines is 1. The average molecular weight is 716 g/mol. The number of nitrogens with zero attached hydrogens (tertiary/aromatic N) is 7. The van der Waals surface area contributed by atoms with E-state index in [2.05, 4.69) is 42.2 Å². The second kappa shape index (κ2) is 11.1. The summed E-state index contributed by atoms with van der Waals surface area (Å²) < 4.78 is 62.7.